The number of hydrogen-bond acceptors (Lipinski definition) is 3. The van der Waals surface area contributed by atoms with Crippen molar-refractivity contribution in [2.75, 3.05) is 6.54 Å². The minimum Gasteiger partial charge on any atom is -0.330 e. The van der Waals surface area contributed by atoms with Gasteiger partial charge in [0.15, 0.2) is 0 Å². The summed E-state index contributed by atoms with van der Waals surface area (Å²) in [5.41, 5.74) is 10.3. The summed E-state index contributed by atoms with van der Waals surface area (Å²) in [6.07, 6.45) is 2.13. The van der Waals surface area contributed by atoms with Gasteiger partial charge in [-0.25, -0.2) is 4.98 Å². The number of benzene rings is 1. The van der Waals surface area contributed by atoms with E-state index in [1.165, 1.54) is 10.4 Å². The van der Waals surface area contributed by atoms with Crippen LogP contribution in [0.2, 0.25) is 0 Å². The Morgan fingerprint density at radius 3 is 2.78 bits per heavy atom. The van der Waals surface area contributed by atoms with Gasteiger partial charge in [0.1, 0.15) is 0 Å². The van der Waals surface area contributed by atoms with Crippen molar-refractivity contribution in [1.29, 1.82) is 0 Å². The molecule has 2 nitrogen and oxygen atoms in total. The van der Waals surface area contributed by atoms with Crippen LogP contribution in [-0.4, -0.2) is 11.5 Å². The molecule has 0 aliphatic heterocycles. The first-order valence-corrected chi connectivity index (χ1v) is 7.73. The van der Waals surface area contributed by atoms with Crippen LogP contribution >= 0.6 is 27.3 Å². The van der Waals surface area contributed by atoms with E-state index in [-0.39, 0.29) is 0 Å². The highest BCUT2D eigenvalue weighted by Crippen LogP contribution is 2.28. The van der Waals surface area contributed by atoms with E-state index in [2.05, 4.69) is 46.0 Å². The Hall–Kier alpha value is -0.710. The molecule has 18 heavy (non-hydrogen) atoms. The first-order valence-electron chi connectivity index (χ1n) is 6.05. The molecule has 0 radical (unpaired) electrons. The molecule has 2 N–H and O–H groups in total. The molecule has 0 saturated carbocycles. The summed E-state index contributed by atoms with van der Waals surface area (Å²) < 4.78 is 1.15. The van der Waals surface area contributed by atoms with Crippen molar-refractivity contribution in [2.24, 2.45) is 5.73 Å². The van der Waals surface area contributed by atoms with Crippen LogP contribution in [0.1, 0.15) is 28.5 Å². The predicted octanol–water partition coefficient (Wildman–Crippen LogP) is 3.89. The summed E-state index contributed by atoms with van der Waals surface area (Å²) in [4.78, 5) is 5.66. The fourth-order valence-corrected chi connectivity index (χ4v) is 3.48. The van der Waals surface area contributed by atoms with Gasteiger partial charge in [0.25, 0.3) is 0 Å². The number of halogens is 1. The molecule has 1 aromatic carbocycles. The molecule has 0 bridgehead atoms. The molecule has 0 saturated heterocycles. The number of hydrogen-bond donors (Lipinski definition) is 1. The molecular weight excluding hydrogens is 308 g/mol. The van der Waals surface area contributed by atoms with Gasteiger partial charge in [0.05, 0.1) is 11.2 Å². The van der Waals surface area contributed by atoms with Crippen LogP contribution in [0, 0.1) is 6.92 Å². The average molecular weight is 325 g/mol. The fraction of sp³-hybridized carbons (Fsp3) is 0.357. The average Bonchev–Trinajstić information content (AvgIpc) is 2.78. The molecule has 0 fully saturated rings. The zero-order valence-electron chi connectivity index (χ0n) is 10.4. The number of nitrogens with two attached hydrogens (primary N) is 1. The summed E-state index contributed by atoms with van der Waals surface area (Å²) in [6.45, 7) is 2.75. The van der Waals surface area contributed by atoms with Crippen molar-refractivity contribution in [3.05, 3.63) is 50.4 Å². The second-order valence-corrected chi connectivity index (χ2v) is 6.15. The molecular formula is C14H17BrN2S. The van der Waals surface area contributed by atoms with Crippen molar-refractivity contribution in [3.8, 4) is 0 Å². The maximum Gasteiger partial charge on any atom is 0.0797 e. The van der Waals surface area contributed by atoms with Crippen LogP contribution in [0.25, 0.3) is 0 Å². The summed E-state index contributed by atoms with van der Waals surface area (Å²) >= 11 is 5.34. The van der Waals surface area contributed by atoms with Gasteiger partial charge >= 0.3 is 0 Å². The van der Waals surface area contributed by atoms with Gasteiger partial charge in [-0.2, -0.15) is 0 Å². The van der Waals surface area contributed by atoms with Crippen LogP contribution in [0.4, 0.5) is 0 Å². The van der Waals surface area contributed by atoms with Gasteiger partial charge in [-0.05, 0) is 43.9 Å². The van der Waals surface area contributed by atoms with E-state index in [4.69, 9.17) is 5.73 Å². The van der Waals surface area contributed by atoms with Crippen LogP contribution in [0.3, 0.4) is 0 Å². The molecule has 0 amide bonds. The Kier molecular flexibility index (Phi) is 4.92. The topological polar surface area (TPSA) is 38.9 Å². The lowest BCUT2D eigenvalue weighted by atomic mass is 9.94. The third-order valence-corrected chi connectivity index (χ3v) is 4.91. The standard InChI is InChI=1S/C14H17BrN2S/c1-10-14(18-9-17-10)7-6-11(8-16)12-4-2-3-5-13(12)15/h2-5,9,11H,6-8,16H2,1H3. The Morgan fingerprint density at radius 2 is 2.17 bits per heavy atom. The van der Waals surface area contributed by atoms with E-state index in [1.54, 1.807) is 11.3 Å². The minimum absolute atomic E-state index is 0.405. The second-order valence-electron chi connectivity index (χ2n) is 4.35. The largest absolute Gasteiger partial charge is 0.330 e. The number of nitrogens with zero attached hydrogens (tertiary/aromatic N) is 1. The van der Waals surface area contributed by atoms with Crippen LogP contribution < -0.4 is 5.73 Å². The molecule has 2 rings (SSSR count). The Bertz CT molecular complexity index is 510. The van der Waals surface area contributed by atoms with E-state index < -0.39 is 0 Å². The molecule has 1 aromatic heterocycles. The van der Waals surface area contributed by atoms with Gasteiger partial charge in [-0.3, -0.25) is 0 Å². The van der Waals surface area contributed by atoms with Crippen molar-refractivity contribution < 1.29 is 0 Å². The third-order valence-electron chi connectivity index (χ3n) is 3.19. The van der Waals surface area contributed by atoms with Crippen molar-refractivity contribution >= 4 is 27.3 Å². The van der Waals surface area contributed by atoms with E-state index in [1.807, 2.05) is 11.6 Å². The molecule has 96 valence electrons. The summed E-state index contributed by atoms with van der Waals surface area (Å²) in [5.74, 6) is 0.405. The first kappa shape index (κ1) is 13.7. The molecule has 0 aliphatic carbocycles. The Labute approximate surface area is 120 Å². The van der Waals surface area contributed by atoms with Crippen molar-refractivity contribution in [3.63, 3.8) is 0 Å². The Morgan fingerprint density at radius 1 is 1.39 bits per heavy atom. The maximum atomic E-state index is 5.92. The highest BCUT2D eigenvalue weighted by Gasteiger charge is 2.13. The van der Waals surface area contributed by atoms with E-state index >= 15 is 0 Å². The van der Waals surface area contributed by atoms with Gasteiger partial charge in [-0.15, -0.1) is 11.3 Å². The SMILES string of the molecule is Cc1ncsc1CCC(CN)c1ccccc1Br. The predicted molar refractivity (Wildman–Crippen MR) is 81.1 cm³/mol. The number of thiazole rings is 1. The number of aromatic nitrogens is 1. The highest BCUT2D eigenvalue weighted by atomic mass is 79.9. The normalized spacial score (nSPS) is 12.6. The van der Waals surface area contributed by atoms with E-state index in [0.717, 1.165) is 23.0 Å². The summed E-state index contributed by atoms with van der Waals surface area (Å²) in [7, 11) is 0. The lowest BCUT2D eigenvalue weighted by Gasteiger charge is -2.16. The Balaban J connectivity index is 2.07. The summed E-state index contributed by atoms with van der Waals surface area (Å²) in [6, 6.07) is 8.34. The molecule has 2 aromatic rings. The summed E-state index contributed by atoms with van der Waals surface area (Å²) in [5, 5.41) is 0. The van der Waals surface area contributed by atoms with Gasteiger partial charge in [0, 0.05) is 9.35 Å². The zero-order valence-corrected chi connectivity index (χ0v) is 12.8. The third kappa shape index (κ3) is 3.19. The highest BCUT2D eigenvalue weighted by molar-refractivity contribution is 9.10. The molecule has 4 heteroatoms. The van der Waals surface area contributed by atoms with Crippen LogP contribution in [0.15, 0.2) is 34.2 Å². The van der Waals surface area contributed by atoms with E-state index in [0.29, 0.717) is 12.5 Å². The van der Waals surface area contributed by atoms with Crippen LogP contribution in [-0.2, 0) is 6.42 Å². The molecule has 0 aliphatic rings. The quantitative estimate of drug-likeness (QED) is 0.906. The fourth-order valence-electron chi connectivity index (χ4n) is 2.08. The molecule has 0 spiro atoms. The zero-order chi connectivity index (χ0) is 13.0. The molecule has 1 unspecified atom stereocenters. The van der Waals surface area contributed by atoms with E-state index in [9.17, 15) is 0 Å². The van der Waals surface area contributed by atoms with Crippen LogP contribution in [0.5, 0.6) is 0 Å². The lowest BCUT2D eigenvalue weighted by molar-refractivity contribution is 0.633. The number of aryl methyl sites for hydroxylation is 2. The first-order chi connectivity index (χ1) is 8.72. The van der Waals surface area contributed by atoms with Gasteiger partial charge in [-0.1, -0.05) is 34.1 Å². The number of rotatable bonds is 5. The lowest BCUT2D eigenvalue weighted by Crippen LogP contribution is -2.14. The maximum absolute atomic E-state index is 5.92. The molecule has 1 heterocycles. The minimum atomic E-state index is 0.405. The van der Waals surface area contributed by atoms with Gasteiger partial charge < -0.3 is 5.73 Å². The van der Waals surface area contributed by atoms with Crippen molar-refractivity contribution in [2.45, 2.75) is 25.7 Å². The molecule has 1 atom stereocenters. The van der Waals surface area contributed by atoms with Gasteiger partial charge in [0.2, 0.25) is 0 Å². The monoisotopic (exact) mass is 324 g/mol. The van der Waals surface area contributed by atoms with Crippen molar-refractivity contribution in [1.82, 2.24) is 4.98 Å². The second kappa shape index (κ2) is 6.45. The smallest absolute Gasteiger partial charge is 0.0797 e.